The molecule has 0 aliphatic heterocycles. The molecule has 3 N–H and O–H groups in total. The van der Waals surface area contributed by atoms with Gasteiger partial charge in [0.25, 0.3) is 0 Å². The summed E-state index contributed by atoms with van der Waals surface area (Å²) in [4.78, 5) is 7.00. The average molecular weight is 324 g/mol. The first-order chi connectivity index (χ1) is 9.06. The highest BCUT2D eigenvalue weighted by Crippen LogP contribution is 2.29. The van der Waals surface area contributed by atoms with Crippen LogP contribution >= 0.6 is 15.9 Å². The van der Waals surface area contributed by atoms with Gasteiger partial charge in [0.1, 0.15) is 11.3 Å². The first-order valence-electron chi connectivity index (χ1n) is 5.45. The maximum Gasteiger partial charge on any atom is 0.186 e. The molecule has 0 aliphatic carbocycles. The summed E-state index contributed by atoms with van der Waals surface area (Å²) in [5.41, 5.74) is 7.42. The molecule has 1 aromatic heterocycles. The quantitative estimate of drug-likeness (QED) is 0.668. The number of rotatable bonds is 1. The zero-order chi connectivity index (χ0) is 13.6. The number of hydrogen-bond acceptors (Lipinski definition) is 2. The molecule has 3 rings (SSSR count). The number of nitrogens with two attached hydrogens (primary N) is 1. The Morgan fingerprint density at radius 2 is 1.95 bits per heavy atom. The summed E-state index contributed by atoms with van der Waals surface area (Å²) in [7, 11) is 0. The lowest BCUT2D eigenvalue weighted by Gasteiger charge is -2.02. The molecular weight excluding hydrogens is 316 g/mol. The molecule has 2 aromatic carbocycles. The van der Waals surface area contributed by atoms with E-state index in [9.17, 15) is 8.78 Å². The number of nitrogen functional groups attached to an aromatic ring is 1. The molecule has 0 unspecified atom stereocenters. The second kappa shape index (κ2) is 4.31. The third-order valence-electron chi connectivity index (χ3n) is 2.81. The van der Waals surface area contributed by atoms with E-state index in [0.717, 1.165) is 10.5 Å². The van der Waals surface area contributed by atoms with Gasteiger partial charge in [0.05, 0.1) is 5.52 Å². The van der Waals surface area contributed by atoms with Crippen molar-refractivity contribution >= 4 is 32.7 Å². The Morgan fingerprint density at radius 1 is 1.16 bits per heavy atom. The van der Waals surface area contributed by atoms with Gasteiger partial charge in [-0.15, -0.1) is 0 Å². The lowest BCUT2D eigenvalue weighted by atomic mass is 10.2. The fraction of sp³-hybridized carbons (Fsp3) is 0. The van der Waals surface area contributed by atoms with Crippen LogP contribution in [0.1, 0.15) is 0 Å². The second-order valence-electron chi connectivity index (χ2n) is 4.07. The second-order valence-corrected chi connectivity index (χ2v) is 4.99. The highest BCUT2D eigenvalue weighted by atomic mass is 79.9. The molecule has 0 aliphatic rings. The standard InChI is InChI=1S/C13H8BrF2N3/c14-6-1-2-7(9(17)5-6)13-18-10-4-3-8(15)11(16)12(10)19-13/h1-5H,17H2,(H,18,19). The van der Waals surface area contributed by atoms with Crippen LogP contribution in [-0.4, -0.2) is 9.97 Å². The number of nitrogens with zero attached hydrogens (tertiary/aromatic N) is 1. The van der Waals surface area contributed by atoms with E-state index in [1.165, 1.54) is 6.07 Å². The SMILES string of the molecule is Nc1cc(Br)ccc1-c1nc2c(F)c(F)ccc2[nH]1. The average Bonchev–Trinajstić information content (AvgIpc) is 2.78. The summed E-state index contributed by atoms with van der Waals surface area (Å²) in [6.45, 7) is 0. The summed E-state index contributed by atoms with van der Waals surface area (Å²) in [5, 5.41) is 0. The predicted octanol–water partition coefficient (Wildman–Crippen LogP) is 3.85. The molecule has 0 bridgehead atoms. The minimum absolute atomic E-state index is 0.0303. The molecule has 0 atom stereocenters. The van der Waals surface area contributed by atoms with Gasteiger partial charge in [-0.05, 0) is 30.3 Å². The van der Waals surface area contributed by atoms with Gasteiger partial charge in [-0.1, -0.05) is 15.9 Å². The third kappa shape index (κ3) is 1.98. The van der Waals surface area contributed by atoms with E-state index < -0.39 is 11.6 Å². The van der Waals surface area contributed by atoms with Crippen molar-refractivity contribution < 1.29 is 8.78 Å². The van der Waals surface area contributed by atoms with Gasteiger partial charge in [0, 0.05) is 15.7 Å². The number of imidazole rings is 1. The molecule has 1 heterocycles. The Bertz CT molecular complexity index is 783. The lowest BCUT2D eigenvalue weighted by molar-refractivity contribution is 0.515. The highest BCUT2D eigenvalue weighted by molar-refractivity contribution is 9.10. The molecule has 0 saturated carbocycles. The van der Waals surface area contributed by atoms with Crippen LogP contribution in [0.4, 0.5) is 14.5 Å². The van der Waals surface area contributed by atoms with Crippen molar-refractivity contribution in [2.75, 3.05) is 5.73 Å². The first-order valence-corrected chi connectivity index (χ1v) is 6.24. The van der Waals surface area contributed by atoms with E-state index in [0.29, 0.717) is 22.6 Å². The Labute approximate surface area is 115 Å². The van der Waals surface area contributed by atoms with Crippen LogP contribution in [0.15, 0.2) is 34.8 Å². The molecule has 19 heavy (non-hydrogen) atoms. The Kier molecular flexibility index (Phi) is 2.74. The van der Waals surface area contributed by atoms with Crippen molar-refractivity contribution in [3.63, 3.8) is 0 Å². The Morgan fingerprint density at radius 3 is 2.68 bits per heavy atom. The summed E-state index contributed by atoms with van der Waals surface area (Å²) in [5.74, 6) is -1.48. The van der Waals surface area contributed by atoms with Crippen LogP contribution in [0.25, 0.3) is 22.4 Å². The van der Waals surface area contributed by atoms with E-state index in [-0.39, 0.29) is 5.52 Å². The largest absolute Gasteiger partial charge is 0.398 e. The first kappa shape index (κ1) is 12.1. The Hall–Kier alpha value is -1.95. The fourth-order valence-corrected chi connectivity index (χ4v) is 2.27. The van der Waals surface area contributed by atoms with Gasteiger partial charge in [-0.25, -0.2) is 13.8 Å². The molecule has 0 fully saturated rings. The van der Waals surface area contributed by atoms with Gasteiger partial charge in [0.15, 0.2) is 11.6 Å². The van der Waals surface area contributed by atoms with E-state index in [2.05, 4.69) is 25.9 Å². The topological polar surface area (TPSA) is 54.7 Å². The zero-order valence-corrected chi connectivity index (χ0v) is 11.1. The molecule has 0 amide bonds. The van der Waals surface area contributed by atoms with Crippen LogP contribution in [0.5, 0.6) is 0 Å². The van der Waals surface area contributed by atoms with Crippen molar-refractivity contribution in [1.29, 1.82) is 0 Å². The minimum Gasteiger partial charge on any atom is -0.398 e. The Balaban J connectivity index is 2.23. The van der Waals surface area contributed by atoms with Gasteiger partial charge in [0.2, 0.25) is 0 Å². The van der Waals surface area contributed by atoms with Crippen LogP contribution in [0.2, 0.25) is 0 Å². The lowest BCUT2D eigenvalue weighted by Crippen LogP contribution is -1.91. The number of hydrogen-bond donors (Lipinski definition) is 2. The maximum absolute atomic E-state index is 13.6. The minimum atomic E-state index is -0.962. The molecule has 0 saturated heterocycles. The molecule has 0 radical (unpaired) electrons. The number of halogens is 3. The smallest absolute Gasteiger partial charge is 0.186 e. The molecule has 96 valence electrons. The number of aromatic amines is 1. The normalized spacial score (nSPS) is 11.1. The number of benzene rings is 2. The number of nitrogens with one attached hydrogen (secondary N) is 1. The maximum atomic E-state index is 13.6. The van der Waals surface area contributed by atoms with Gasteiger partial charge >= 0.3 is 0 Å². The predicted molar refractivity (Wildman–Crippen MR) is 73.6 cm³/mol. The van der Waals surface area contributed by atoms with Crippen molar-refractivity contribution in [3.8, 4) is 11.4 Å². The van der Waals surface area contributed by atoms with E-state index in [1.807, 2.05) is 0 Å². The monoisotopic (exact) mass is 323 g/mol. The van der Waals surface area contributed by atoms with Crippen LogP contribution in [0.3, 0.4) is 0 Å². The highest BCUT2D eigenvalue weighted by Gasteiger charge is 2.14. The summed E-state index contributed by atoms with van der Waals surface area (Å²) in [6, 6.07) is 7.78. The van der Waals surface area contributed by atoms with E-state index in [1.54, 1.807) is 18.2 Å². The van der Waals surface area contributed by atoms with Crippen LogP contribution in [0, 0.1) is 11.6 Å². The summed E-state index contributed by atoms with van der Waals surface area (Å²) in [6.07, 6.45) is 0. The zero-order valence-electron chi connectivity index (χ0n) is 9.55. The van der Waals surface area contributed by atoms with Gasteiger partial charge in [-0.2, -0.15) is 0 Å². The van der Waals surface area contributed by atoms with Crippen molar-refractivity contribution in [3.05, 3.63) is 46.4 Å². The van der Waals surface area contributed by atoms with Gasteiger partial charge in [-0.3, -0.25) is 0 Å². The van der Waals surface area contributed by atoms with Gasteiger partial charge < -0.3 is 10.7 Å². The van der Waals surface area contributed by atoms with Crippen molar-refractivity contribution in [1.82, 2.24) is 9.97 Å². The van der Waals surface area contributed by atoms with Crippen molar-refractivity contribution in [2.24, 2.45) is 0 Å². The number of aromatic nitrogens is 2. The number of H-pyrrole nitrogens is 1. The van der Waals surface area contributed by atoms with E-state index in [4.69, 9.17) is 5.73 Å². The summed E-state index contributed by atoms with van der Waals surface area (Å²) < 4.78 is 27.6. The van der Waals surface area contributed by atoms with Crippen LogP contribution in [-0.2, 0) is 0 Å². The fourth-order valence-electron chi connectivity index (χ4n) is 1.89. The number of fused-ring (bicyclic) bond motifs is 1. The molecule has 6 heteroatoms. The molecule has 0 spiro atoms. The van der Waals surface area contributed by atoms with E-state index >= 15 is 0 Å². The van der Waals surface area contributed by atoms with Crippen molar-refractivity contribution in [2.45, 2.75) is 0 Å². The van der Waals surface area contributed by atoms with Crippen LogP contribution < -0.4 is 5.73 Å². The number of anilines is 1. The molecule has 3 aromatic rings. The molecule has 3 nitrogen and oxygen atoms in total. The summed E-state index contributed by atoms with van der Waals surface area (Å²) >= 11 is 3.30. The third-order valence-corrected chi connectivity index (χ3v) is 3.31. The molecular formula is C13H8BrF2N3.